The summed E-state index contributed by atoms with van der Waals surface area (Å²) >= 11 is 5.90. The van der Waals surface area contributed by atoms with Crippen molar-refractivity contribution in [3.63, 3.8) is 0 Å². The van der Waals surface area contributed by atoms with E-state index in [0.29, 0.717) is 22.5 Å². The summed E-state index contributed by atoms with van der Waals surface area (Å²) in [5, 5.41) is 3.04. The van der Waals surface area contributed by atoms with Gasteiger partial charge in [0.05, 0.1) is 11.2 Å². The Morgan fingerprint density at radius 2 is 2.11 bits per heavy atom. The molecular formula is C12H11ClN4O. The molecular weight excluding hydrogens is 252 g/mol. The Balaban J connectivity index is 2.18. The topological polar surface area (TPSA) is 67.8 Å². The number of hydrogen-bond donors (Lipinski definition) is 1. The lowest BCUT2D eigenvalue weighted by Gasteiger charge is -2.07. The second-order valence-electron chi connectivity index (χ2n) is 4.39. The number of anilines is 1. The zero-order valence-electron chi connectivity index (χ0n) is 9.77. The minimum absolute atomic E-state index is 0.182. The average Bonchev–Trinajstić information content (AvgIpc) is 3.11. The molecule has 0 aromatic carbocycles. The van der Waals surface area contributed by atoms with E-state index < -0.39 is 0 Å². The second-order valence-corrected chi connectivity index (χ2v) is 4.78. The van der Waals surface area contributed by atoms with E-state index in [9.17, 15) is 4.79 Å². The number of pyridine rings is 1. The van der Waals surface area contributed by atoms with Crippen LogP contribution in [0.1, 0.15) is 31.4 Å². The van der Waals surface area contributed by atoms with Gasteiger partial charge in [0.15, 0.2) is 0 Å². The van der Waals surface area contributed by atoms with Crippen molar-refractivity contribution in [1.82, 2.24) is 15.0 Å². The lowest BCUT2D eigenvalue weighted by molar-refractivity contribution is -0.114. The fraction of sp³-hybridized carbons (Fsp3) is 0.333. The monoisotopic (exact) mass is 262 g/mol. The van der Waals surface area contributed by atoms with Crippen LogP contribution >= 0.6 is 11.6 Å². The molecule has 3 rings (SSSR count). The number of carbonyl (C=O) groups excluding carboxylic acids is 1. The van der Waals surface area contributed by atoms with Crippen LogP contribution in [0.15, 0.2) is 12.1 Å². The molecule has 1 amide bonds. The molecule has 6 heteroatoms. The van der Waals surface area contributed by atoms with E-state index in [4.69, 9.17) is 11.6 Å². The summed E-state index contributed by atoms with van der Waals surface area (Å²) in [6.07, 6.45) is 2.19. The summed E-state index contributed by atoms with van der Waals surface area (Å²) < 4.78 is 0. The molecule has 1 saturated carbocycles. The van der Waals surface area contributed by atoms with E-state index in [0.717, 1.165) is 24.1 Å². The van der Waals surface area contributed by atoms with Crippen LogP contribution in [-0.4, -0.2) is 20.9 Å². The molecule has 0 aliphatic heterocycles. The van der Waals surface area contributed by atoms with Crippen LogP contribution in [0.2, 0.25) is 5.15 Å². The van der Waals surface area contributed by atoms with Crippen LogP contribution in [0.4, 0.5) is 5.95 Å². The maximum absolute atomic E-state index is 11.1. The summed E-state index contributed by atoms with van der Waals surface area (Å²) in [6, 6.07) is 3.48. The van der Waals surface area contributed by atoms with Gasteiger partial charge in [-0.3, -0.25) is 10.1 Å². The van der Waals surface area contributed by atoms with Gasteiger partial charge in [0.2, 0.25) is 11.9 Å². The first-order chi connectivity index (χ1) is 8.63. The van der Waals surface area contributed by atoms with Gasteiger partial charge in [0, 0.05) is 12.8 Å². The molecule has 0 radical (unpaired) electrons. The van der Waals surface area contributed by atoms with Crippen molar-refractivity contribution in [2.24, 2.45) is 0 Å². The minimum atomic E-state index is -0.182. The number of amides is 1. The highest BCUT2D eigenvalue weighted by Crippen LogP contribution is 2.41. The van der Waals surface area contributed by atoms with Crippen molar-refractivity contribution in [2.45, 2.75) is 25.7 Å². The normalized spacial score (nSPS) is 14.8. The summed E-state index contributed by atoms with van der Waals surface area (Å²) in [7, 11) is 0. The Kier molecular flexibility index (Phi) is 2.63. The van der Waals surface area contributed by atoms with E-state index in [1.165, 1.54) is 6.92 Å². The van der Waals surface area contributed by atoms with Crippen LogP contribution < -0.4 is 5.32 Å². The van der Waals surface area contributed by atoms with Crippen molar-refractivity contribution < 1.29 is 4.79 Å². The van der Waals surface area contributed by atoms with E-state index in [-0.39, 0.29) is 5.91 Å². The van der Waals surface area contributed by atoms with Crippen LogP contribution in [0.3, 0.4) is 0 Å². The van der Waals surface area contributed by atoms with Crippen LogP contribution in [0.5, 0.6) is 0 Å². The first-order valence-corrected chi connectivity index (χ1v) is 6.13. The van der Waals surface area contributed by atoms with Crippen molar-refractivity contribution in [3.8, 4) is 0 Å². The van der Waals surface area contributed by atoms with E-state index in [1.54, 1.807) is 12.1 Å². The third-order valence-corrected chi connectivity index (χ3v) is 3.00. The fourth-order valence-electron chi connectivity index (χ4n) is 1.87. The third kappa shape index (κ3) is 2.13. The van der Waals surface area contributed by atoms with Gasteiger partial charge >= 0.3 is 0 Å². The summed E-state index contributed by atoms with van der Waals surface area (Å²) in [5.74, 6) is 0.563. The molecule has 1 fully saturated rings. The Morgan fingerprint density at radius 1 is 1.33 bits per heavy atom. The van der Waals surface area contributed by atoms with E-state index in [2.05, 4.69) is 20.3 Å². The van der Waals surface area contributed by atoms with Gasteiger partial charge in [-0.25, -0.2) is 15.0 Å². The summed E-state index contributed by atoms with van der Waals surface area (Å²) in [6.45, 7) is 1.43. The molecule has 1 N–H and O–H groups in total. The van der Waals surface area contributed by atoms with Crippen LogP contribution in [-0.2, 0) is 4.79 Å². The zero-order chi connectivity index (χ0) is 12.7. The molecule has 1 aliphatic rings. The maximum atomic E-state index is 11.1. The van der Waals surface area contributed by atoms with Crippen molar-refractivity contribution in [2.75, 3.05) is 5.32 Å². The first kappa shape index (κ1) is 11.3. The largest absolute Gasteiger partial charge is 0.295 e. The summed E-state index contributed by atoms with van der Waals surface area (Å²) in [5.41, 5.74) is 2.32. The molecule has 2 aromatic heterocycles. The minimum Gasteiger partial charge on any atom is -0.295 e. The average molecular weight is 263 g/mol. The quantitative estimate of drug-likeness (QED) is 0.845. The van der Waals surface area contributed by atoms with Crippen LogP contribution in [0, 0.1) is 0 Å². The zero-order valence-corrected chi connectivity index (χ0v) is 10.5. The Morgan fingerprint density at radius 3 is 2.78 bits per heavy atom. The highest BCUT2D eigenvalue weighted by molar-refractivity contribution is 6.29. The molecule has 2 heterocycles. The Hall–Kier alpha value is -1.75. The first-order valence-electron chi connectivity index (χ1n) is 5.75. The number of rotatable bonds is 2. The third-order valence-electron chi connectivity index (χ3n) is 2.79. The van der Waals surface area contributed by atoms with Gasteiger partial charge < -0.3 is 0 Å². The van der Waals surface area contributed by atoms with Crippen molar-refractivity contribution in [3.05, 3.63) is 23.0 Å². The standard InChI is InChI=1S/C12H11ClN4O/c1-6(18)14-12-15-8-4-5-9(13)16-11(8)10(17-12)7-2-3-7/h4-5,7H,2-3H2,1H3,(H,14,15,17,18). The van der Waals surface area contributed by atoms with Gasteiger partial charge in [-0.15, -0.1) is 0 Å². The van der Waals surface area contributed by atoms with Gasteiger partial charge in [0.25, 0.3) is 0 Å². The van der Waals surface area contributed by atoms with Crippen molar-refractivity contribution >= 4 is 34.5 Å². The van der Waals surface area contributed by atoms with E-state index >= 15 is 0 Å². The number of halogens is 1. The van der Waals surface area contributed by atoms with Gasteiger partial charge in [0.1, 0.15) is 10.7 Å². The summed E-state index contributed by atoms with van der Waals surface area (Å²) in [4.78, 5) is 24.0. The van der Waals surface area contributed by atoms with Crippen LogP contribution in [0.25, 0.3) is 11.0 Å². The molecule has 5 nitrogen and oxygen atoms in total. The highest BCUT2D eigenvalue weighted by atomic mass is 35.5. The molecule has 2 aromatic rings. The van der Waals surface area contributed by atoms with Gasteiger partial charge in [-0.2, -0.15) is 0 Å². The molecule has 0 saturated heterocycles. The Bertz CT molecular complexity index is 639. The SMILES string of the molecule is CC(=O)Nc1nc(C2CC2)c2nc(Cl)ccc2n1. The molecule has 0 atom stereocenters. The number of aromatic nitrogens is 3. The molecule has 0 unspecified atom stereocenters. The second kappa shape index (κ2) is 4.17. The number of hydrogen-bond acceptors (Lipinski definition) is 4. The predicted molar refractivity (Wildman–Crippen MR) is 68.6 cm³/mol. The fourth-order valence-corrected chi connectivity index (χ4v) is 2.02. The lowest BCUT2D eigenvalue weighted by Crippen LogP contribution is -2.11. The number of fused-ring (bicyclic) bond motifs is 1. The smallest absolute Gasteiger partial charge is 0.230 e. The maximum Gasteiger partial charge on any atom is 0.230 e. The number of nitrogens with zero attached hydrogens (tertiary/aromatic N) is 3. The molecule has 0 spiro atoms. The van der Waals surface area contributed by atoms with E-state index in [1.807, 2.05) is 0 Å². The molecule has 18 heavy (non-hydrogen) atoms. The highest BCUT2D eigenvalue weighted by Gasteiger charge is 2.28. The Labute approximate surface area is 109 Å². The van der Waals surface area contributed by atoms with Crippen molar-refractivity contribution in [1.29, 1.82) is 0 Å². The molecule has 92 valence electrons. The van der Waals surface area contributed by atoms with Gasteiger partial charge in [-0.1, -0.05) is 11.6 Å². The number of nitrogens with one attached hydrogen (secondary N) is 1. The molecule has 1 aliphatic carbocycles. The molecule has 0 bridgehead atoms. The number of carbonyl (C=O) groups is 1. The predicted octanol–water partition coefficient (Wildman–Crippen LogP) is 2.51. The van der Waals surface area contributed by atoms with Gasteiger partial charge in [-0.05, 0) is 25.0 Å². The lowest BCUT2D eigenvalue weighted by atomic mass is 10.2.